The standard InChI is InChI=1S/C24H19N3O2S/c1-16(18-9-4-10-19(15-18)25-24(29)22-13-6-14-30-22)26-27-23(28)21-12-5-8-17-7-2-3-11-20(17)21/h2-15H,1H3,(H,25,29)(H,27,28). The van der Waals surface area contributed by atoms with Gasteiger partial charge in [0, 0.05) is 11.3 Å². The molecule has 0 aliphatic carbocycles. The Morgan fingerprint density at radius 1 is 0.867 bits per heavy atom. The Balaban J connectivity index is 1.49. The number of anilines is 1. The molecule has 4 rings (SSSR count). The summed E-state index contributed by atoms with van der Waals surface area (Å²) in [6.07, 6.45) is 0. The predicted octanol–water partition coefficient (Wildman–Crippen LogP) is 5.31. The van der Waals surface area contributed by atoms with Crippen molar-refractivity contribution in [3.8, 4) is 0 Å². The maximum atomic E-state index is 12.7. The van der Waals surface area contributed by atoms with Crippen molar-refractivity contribution >= 4 is 45.3 Å². The van der Waals surface area contributed by atoms with Gasteiger partial charge < -0.3 is 5.32 Å². The van der Waals surface area contributed by atoms with Gasteiger partial charge in [-0.25, -0.2) is 5.43 Å². The van der Waals surface area contributed by atoms with Crippen LogP contribution in [0.25, 0.3) is 10.8 Å². The first-order valence-corrected chi connectivity index (χ1v) is 10.3. The van der Waals surface area contributed by atoms with Crippen molar-refractivity contribution < 1.29 is 9.59 Å². The molecule has 0 unspecified atom stereocenters. The molecule has 0 atom stereocenters. The number of hydrogen-bond donors (Lipinski definition) is 2. The maximum Gasteiger partial charge on any atom is 0.272 e. The zero-order chi connectivity index (χ0) is 20.9. The van der Waals surface area contributed by atoms with Crippen LogP contribution < -0.4 is 10.7 Å². The van der Waals surface area contributed by atoms with Gasteiger partial charge in [-0.05, 0) is 52.9 Å². The Morgan fingerprint density at radius 2 is 1.67 bits per heavy atom. The van der Waals surface area contributed by atoms with Gasteiger partial charge in [-0.3, -0.25) is 9.59 Å². The van der Waals surface area contributed by atoms with Crippen LogP contribution in [0.15, 0.2) is 89.3 Å². The normalized spacial score (nSPS) is 11.3. The van der Waals surface area contributed by atoms with E-state index in [4.69, 9.17) is 0 Å². The molecule has 0 radical (unpaired) electrons. The molecule has 148 valence electrons. The van der Waals surface area contributed by atoms with Crippen molar-refractivity contribution in [3.63, 3.8) is 0 Å². The lowest BCUT2D eigenvalue weighted by Gasteiger charge is -2.08. The lowest BCUT2D eigenvalue weighted by Crippen LogP contribution is -2.19. The fourth-order valence-electron chi connectivity index (χ4n) is 3.11. The van der Waals surface area contributed by atoms with Crippen molar-refractivity contribution in [2.24, 2.45) is 5.10 Å². The van der Waals surface area contributed by atoms with E-state index < -0.39 is 0 Å². The third-order valence-corrected chi connectivity index (χ3v) is 5.51. The lowest BCUT2D eigenvalue weighted by molar-refractivity contribution is 0.0955. The number of nitrogens with one attached hydrogen (secondary N) is 2. The quantitative estimate of drug-likeness (QED) is 0.344. The third-order valence-electron chi connectivity index (χ3n) is 4.64. The molecule has 4 aromatic rings. The first-order chi connectivity index (χ1) is 14.6. The van der Waals surface area contributed by atoms with Gasteiger partial charge in [0.15, 0.2) is 0 Å². The van der Waals surface area contributed by atoms with Crippen LogP contribution >= 0.6 is 11.3 Å². The number of nitrogens with zero attached hydrogens (tertiary/aromatic N) is 1. The van der Waals surface area contributed by atoms with E-state index >= 15 is 0 Å². The molecule has 1 aromatic heterocycles. The maximum absolute atomic E-state index is 12.7. The van der Waals surface area contributed by atoms with Crippen molar-refractivity contribution in [3.05, 3.63) is 100 Å². The second-order valence-corrected chi connectivity index (χ2v) is 7.62. The van der Waals surface area contributed by atoms with Gasteiger partial charge in [0.05, 0.1) is 10.6 Å². The molecule has 1 heterocycles. The Morgan fingerprint density at radius 3 is 2.50 bits per heavy atom. The zero-order valence-electron chi connectivity index (χ0n) is 16.3. The molecule has 3 aromatic carbocycles. The largest absolute Gasteiger partial charge is 0.321 e. The number of carbonyl (C=O) groups excluding carboxylic acids is 2. The molecular formula is C24H19N3O2S. The second-order valence-electron chi connectivity index (χ2n) is 6.68. The molecule has 5 nitrogen and oxygen atoms in total. The molecule has 0 saturated heterocycles. The van der Waals surface area contributed by atoms with Crippen LogP contribution in [0.2, 0.25) is 0 Å². The number of rotatable bonds is 5. The average Bonchev–Trinajstić information content (AvgIpc) is 3.32. The molecule has 0 saturated carbocycles. The summed E-state index contributed by atoms with van der Waals surface area (Å²) in [6, 6.07) is 24.3. The smallest absolute Gasteiger partial charge is 0.272 e. The molecule has 30 heavy (non-hydrogen) atoms. The highest BCUT2D eigenvalue weighted by molar-refractivity contribution is 7.12. The first kappa shape index (κ1) is 19.5. The molecule has 0 aliphatic heterocycles. The van der Waals surface area contributed by atoms with E-state index in [1.54, 1.807) is 12.1 Å². The molecule has 0 bridgehead atoms. The monoisotopic (exact) mass is 413 g/mol. The highest BCUT2D eigenvalue weighted by Gasteiger charge is 2.10. The summed E-state index contributed by atoms with van der Waals surface area (Å²) in [6.45, 7) is 1.81. The van der Waals surface area contributed by atoms with Crippen molar-refractivity contribution in [1.82, 2.24) is 5.43 Å². The summed E-state index contributed by atoms with van der Waals surface area (Å²) < 4.78 is 0. The van der Waals surface area contributed by atoms with Crippen LogP contribution in [0.4, 0.5) is 5.69 Å². The van der Waals surface area contributed by atoms with Crippen LogP contribution in [0, 0.1) is 0 Å². The van der Waals surface area contributed by atoms with Crippen molar-refractivity contribution in [2.45, 2.75) is 6.92 Å². The van der Waals surface area contributed by atoms with Crippen LogP contribution in [-0.4, -0.2) is 17.5 Å². The van der Waals surface area contributed by atoms with Crippen LogP contribution in [0.1, 0.15) is 32.5 Å². The van der Waals surface area contributed by atoms with E-state index in [9.17, 15) is 9.59 Å². The summed E-state index contributed by atoms with van der Waals surface area (Å²) in [4.78, 5) is 25.6. The number of carbonyl (C=O) groups is 2. The number of fused-ring (bicyclic) bond motifs is 1. The second kappa shape index (κ2) is 8.71. The molecule has 0 spiro atoms. The summed E-state index contributed by atoms with van der Waals surface area (Å²) in [5.74, 6) is -0.422. The number of amides is 2. The Hall–Kier alpha value is -3.77. The molecule has 2 amide bonds. The first-order valence-electron chi connectivity index (χ1n) is 9.39. The molecule has 0 fully saturated rings. The zero-order valence-corrected chi connectivity index (χ0v) is 17.1. The number of thiophene rings is 1. The van der Waals surface area contributed by atoms with Crippen LogP contribution in [0.5, 0.6) is 0 Å². The van der Waals surface area contributed by atoms with Crippen molar-refractivity contribution in [2.75, 3.05) is 5.32 Å². The highest BCUT2D eigenvalue weighted by atomic mass is 32.1. The minimum Gasteiger partial charge on any atom is -0.321 e. The minimum atomic E-state index is -0.270. The summed E-state index contributed by atoms with van der Waals surface area (Å²) >= 11 is 1.39. The minimum absolute atomic E-state index is 0.152. The van der Waals surface area contributed by atoms with Gasteiger partial charge in [-0.15, -0.1) is 11.3 Å². The summed E-state index contributed by atoms with van der Waals surface area (Å²) in [5, 5.41) is 10.9. The van der Waals surface area contributed by atoms with Crippen molar-refractivity contribution in [1.29, 1.82) is 0 Å². The molecular weight excluding hydrogens is 394 g/mol. The number of hydrazone groups is 1. The van der Waals surface area contributed by atoms with E-state index in [-0.39, 0.29) is 11.8 Å². The molecule has 6 heteroatoms. The Bertz CT molecular complexity index is 1240. The predicted molar refractivity (Wildman–Crippen MR) is 122 cm³/mol. The average molecular weight is 414 g/mol. The third kappa shape index (κ3) is 4.29. The topological polar surface area (TPSA) is 70.6 Å². The lowest BCUT2D eigenvalue weighted by atomic mass is 10.0. The van der Waals surface area contributed by atoms with Crippen LogP contribution in [-0.2, 0) is 0 Å². The Kier molecular flexibility index (Phi) is 5.68. The van der Waals surface area contributed by atoms with E-state index in [1.807, 2.05) is 79.0 Å². The Labute approximate surface area is 178 Å². The van der Waals surface area contributed by atoms with Crippen LogP contribution in [0.3, 0.4) is 0 Å². The summed E-state index contributed by atoms with van der Waals surface area (Å²) in [7, 11) is 0. The van der Waals surface area contributed by atoms with E-state index in [0.29, 0.717) is 21.8 Å². The number of hydrogen-bond acceptors (Lipinski definition) is 4. The van der Waals surface area contributed by atoms with Gasteiger partial charge in [-0.1, -0.05) is 54.6 Å². The summed E-state index contributed by atoms with van der Waals surface area (Å²) in [5.41, 5.74) is 5.31. The van der Waals surface area contributed by atoms with E-state index in [1.165, 1.54) is 11.3 Å². The van der Waals surface area contributed by atoms with E-state index in [0.717, 1.165) is 16.3 Å². The number of benzene rings is 3. The highest BCUT2D eigenvalue weighted by Crippen LogP contribution is 2.19. The van der Waals surface area contributed by atoms with Gasteiger partial charge in [-0.2, -0.15) is 5.10 Å². The SMILES string of the molecule is CC(=NNC(=O)c1cccc2ccccc12)c1cccc(NC(=O)c2cccs2)c1. The van der Waals surface area contributed by atoms with Gasteiger partial charge >= 0.3 is 0 Å². The fourth-order valence-corrected chi connectivity index (χ4v) is 3.72. The molecule has 0 aliphatic rings. The van der Waals surface area contributed by atoms with Gasteiger partial charge in [0.2, 0.25) is 0 Å². The van der Waals surface area contributed by atoms with Gasteiger partial charge in [0.1, 0.15) is 0 Å². The molecule has 2 N–H and O–H groups in total. The van der Waals surface area contributed by atoms with Gasteiger partial charge in [0.25, 0.3) is 11.8 Å². The van der Waals surface area contributed by atoms with E-state index in [2.05, 4.69) is 15.8 Å². The fraction of sp³-hybridized carbons (Fsp3) is 0.0417.